The number of amides is 1. The molecule has 0 bridgehead atoms. The topological polar surface area (TPSA) is 95.6 Å². The zero-order valence-electron chi connectivity index (χ0n) is 22.3. The molecule has 8 nitrogen and oxygen atoms in total. The fourth-order valence-corrected chi connectivity index (χ4v) is 6.04. The Bertz CT molecular complexity index is 1200. The van der Waals surface area contributed by atoms with Gasteiger partial charge in [0, 0.05) is 31.7 Å². The van der Waals surface area contributed by atoms with E-state index in [2.05, 4.69) is 11.0 Å². The number of nitriles is 1. The molecule has 1 aromatic rings. The van der Waals surface area contributed by atoms with Crippen molar-refractivity contribution in [2.75, 3.05) is 31.1 Å². The summed E-state index contributed by atoms with van der Waals surface area (Å²) in [6.07, 6.45) is 4.89. The summed E-state index contributed by atoms with van der Waals surface area (Å²) < 4.78 is 7.45. The van der Waals surface area contributed by atoms with E-state index < -0.39 is 0 Å². The lowest BCUT2D eigenvalue weighted by Crippen LogP contribution is -2.43. The Balaban J connectivity index is 2.20. The number of rotatable bonds is 9. The number of anilines is 1. The molecule has 0 aromatic carbocycles. The molecule has 0 aliphatic carbocycles. The number of carbonyl (C=O) groups excluding carboxylic acids is 2. The van der Waals surface area contributed by atoms with Crippen molar-refractivity contribution in [1.29, 1.82) is 5.26 Å². The molecule has 2 aliphatic rings. The van der Waals surface area contributed by atoms with Gasteiger partial charge in [0.2, 0.25) is 0 Å². The average molecular weight is 545 g/mol. The number of aromatic nitrogens is 1. The van der Waals surface area contributed by atoms with Crippen LogP contribution in [0.5, 0.6) is 0 Å². The minimum Gasteiger partial charge on any atom is -0.466 e. The van der Waals surface area contributed by atoms with Crippen LogP contribution in [-0.2, 0) is 20.9 Å². The van der Waals surface area contributed by atoms with Crippen LogP contribution < -0.4 is 10.5 Å². The Hall–Kier alpha value is -2.64. The van der Waals surface area contributed by atoms with E-state index in [1.54, 1.807) is 29.4 Å². The van der Waals surface area contributed by atoms with Crippen LogP contribution in [0, 0.1) is 30.1 Å². The number of carbonyl (C=O) groups is 2. The molecule has 1 unspecified atom stereocenters. The summed E-state index contributed by atoms with van der Waals surface area (Å²) in [6.45, 7) is 12.0. The van der Waals surface area contributed by atoms with E-state index in [0.717, 1.165) is 19.3 Å². The Labute approximate surface area is 228 Å². The quantitative estimate of drug-likeness (QED) is 0.255. The fraction of sp³-hybridized carbons (Fsp3) is 0.593. The van der Waals surface area contributed by atoms with Crippen LogP contribution >= 0.6 is 24.0 Å². The molecule has 1 atom stereocenters. The van der Waals surface area contributed by atoms with Crippen LogP contribution in [0.25, 0.3) is 6.08 Å². The van der Waals surface area contributed by atoms with Gasteiger partial charge in [0.05, 0.1) is 17.4 Å². The first-order chi connectivity index (χ1) is 17.6. The molecule has 1 aromatic heterocycles. The highest BCUT2D eigenvalue weighted by Gasteiger charge is 2.35. The third kappa shape index (κ3) is 6.27. The number of unbranched alkanes of at least 4 members (excludes halogenated alkanes) is 1. The van der Waals surface area contributed by atoms with Crippen LogP contribution in [0.15, 0.2) is 9.70 Å². The van der Waals surface area contributed by atoms with E-state index in [0.29, 0.717) is 65.4 Å². The summed E-state index contributed by atoms with van der Waals surface area (Å²) in [7, 11) is 0. The lowest BCUT2D eigenvalue weighted by Gasteiger charge is -2.36. The van der Waals surface area contributed by atoms with Crippen molar-refractivity contribution in [3.8, 4) is 6.07 Å². The van der Waals surface area contributed by atoms with Crippen LogP contribution in [0.3, 0.4) is 0 Å². The van der Waals surface area contributed by atoms with E-state index in [-0.39, 0.29) is 34.8 Å². The van der Waals surface area contributed by atoms with E-state index in [1.165, 1.54) is 11.8 Å². The summed E-state index contributed by atoms with van der Waals surface area (Å²) in [5, 5.41) is 9.88. The van der Waals surface area contributed by atoms with Crippen molar-refractivity contribution in [1.82, 2.24) is 9.47 Å². The highest BCUT2D eigenvalue weighted by atomic mass is 32.2. The van der Waals surface area contributed by atoms with E-state index >= 15 is 0 Å². The van der Waals surface area contributed by atoms with Gasteiger partial charge in [0.25, 0.3) is 11.5 Å². The second kappa shape index (κ2) is 12.7. The summed E-state index contributed by atoms with van der Waals surface area (Å²) in [4.78, 5) is 43.5. The van der Waals surface area contributed by atoms with Crippen molar-refractivity contribution < 1.29 is 14.3 Å². The first kappa shape index (κ1) is 28.9. The monoisotopic (exact) mass is 544 g/mol. The number of esters is 1. The molecule has 0 saturated carbocycles. The molecular formula is C27H36N4O4S2. The molecule has 200 valence electrons. The smallest absolute Gasteiger partial charge is 0.310 e. The minimum atomic E-state index is -0.341. The molecule has 2 aliphatic heterocycles. The van der Waals surface area contributed by atoms with Gasteiger partial charge in [0.1, 0.15) is 21.8 Å². The van der Waals surface area contributed by atoms with Crippen molar-refractivity contribution >= 4 is 52.1 Å². The van der Waals surface area contributed by atoms with Crippen molar-refractivity contribution in [3.05, 3.63) is 31.9 Å². The number of nitrogens with zero attached hydrogens (tertiary/aromatic N) is 4. The Morgan fingerprint density at radius 3 is 2.68 bits per heavy atom. The third-order valence-corrected chi connectivity index (χ3v) is 8.00. The molecule has 2 saturated heterocycles. The second-order valence-electron chi connectivity index (χ2n) is 9.88. The predicted molar refractivity (Wildman–Crippen MR) is 151 cm³/mol. The highest BCUT2D eigenvalue weighted by Crippen LogP contribution is 2.37. The third-order valence-electron chi connectivity index (χ3n) is 6.62. The lowest BCUT2D eigenvalue weighted by molar-refractivity contribution is -0.148. The van der Waals surface area contributed by atoms with Gasteiger partial charge >= 0.3 is 5.97 Å². The van der Waals surface area contributed by atoms with Gasteiger partial charge < -0.3 is 9.64 Å². The Kier molecular flexibility index (Phi) is 9.96. The average Bonchev–Trinajstić information content (AvgIpc) is 3.12. The number of piperidine rings is 1. The first-order valence-corrected chi connectivity index (χ1v) is 14.2. The Morgan fingerprint density at radius 2 is 2.05 bits per heavy atom. The fourth-order valence-electron chi connectivity index (χ4n) is 4.78. The van der Waals surface area contributed by atoms with Crippen LogP contribution in [-0.4, -0.2) is 51.9 Å². The highest BCUT2D eigenvalue weighted by molar-refractivity contribution is 8.26. The molecule has 0 radical (unpaired) electrons. The van der Waals surface area contributed by atoms with Gasteiger partial charge in [-0.3, -0.25) is 23.9 Å². The summed E-state index contributed by atoms with van der Waals surface area (Å²) in [5.74, 6) is 0.195. The van der Waals surface area contributed by atoms with Crippen LogP contribution in [0.2, 0.25) is 0 Å². The normalized spacial score (nSPS) is 19.2. The van der Waals surface area contributed by atoms with Crippen molar-refractivity contribution in [2.45, 2.75) is 66.8 Å². The molecule has 3 heterocycles. The summed E-state index contributed by atoms with van der Waals surface area (Å²) in [6, 6.07) is 2.09. The van der Waals surface area contributed by atoms with Crippen molar-refractivity contribution in [3.63, 3.8) is 0 Å². The molecule has 0 N–H and O–H groups in total. The largest absolute Gasteiger partial charge is 0.466 e. The molecule has 2 fully saturated rings. The number of thiocarbonyl (C=S) groups is 1. The lowest BCUT2D eigenvalue weighted by atomic mass is 9.96. The minimum absolute atomic E-state index is 0.0720. The number of hydrogen-bond acceptors (Lipinski definition) is 8. The predicted octanol–water partition coefficient (Wildman–Crippen LogP) is 4.47. The van der Waals surface area contributed by atoms with Gasteiger partial charge in [-0.1, -0.05) is 51.2 Å². The zero-order valence-corrected chi connectivity index (χ0v) is 24.0. The number of ether oxygens (including phenoxy) is 1. The van der Waals surface area contributed by atoms with Crippen LogP contribution in [0.4, 0.5) is 5.82 Å². The SMILES string of the molecule is CCCCn1c(N2CCCC(C(=O)OCC)C2)c(/C=C2/SC(=S)N(CC(C)C)C2=O)c(C)c(C#N)c1=O. The molecule has 3 rings (SSSR count). The molecule has 0 spiro atoms. The van der Waals surface area contributed by atoms with Gasteiger partial charge in [-0.15, -0.1) is 0 Å². The Morgan fingerprint density at radius 1 is 1.32 bits per heavy atom. The number of hydrogen-bond donors (Lipinski definition) is 0. The zero-order chi connectivity index (χ0) is 27.3. The standard InChI is InChI=1S/C27H36N4O4S2/c1-6-8-12-30-23(29-11-9-10-19(16-29)26(34)35-7-2)20(18(5)21(14-28)24(30)32)13-22-25(33)31(15-17(3)4)27(36)37-22/h13,17,19H,6-12,15-16H2,1-5H3/b22-13+. The van der Waals surface area contributed by atoms with E-state index in [4.69, 9.17) is 17.0 Å². The summed E-state index contributed by atoms with van der Waals surface area (Å²) in [5.41, 5.74) is 0.915. The maximum Gasteiger partial charge on any atom is 0.310 e. The van der Waals surface area contributed by atoms with Crippen LogP contribution in [0.1, 0.15) is 70.1 Å². The number of thioether (sulfide) groups is 1. The second-order valence-corrected chi connectivity index (χ2v) is 11.6. The number of pyridine rings is 1. The maximum absolute atomic E-state index is 13.5. The van der Waals surface area contributed by atoms with Gasteiger partial charge in [0.15, 0.2) is 0 Å². The first-order valence-electron chi connectivity index (χ1n) is 13.0. The van der Waals surface area contributed by atoms with E-state index in [1.807, 2.05) is 20.8 Å². The maximum atomic E-state index is 13.5. The molecule has 37 heavy (non-hydrogen) atoms. The van der Waals surface area contributed by atoms with Gasteiger partial charge in [-0.25, -0.2) is 0 Å². The van der Waals surface area contributed by atoms with Crippen molar-refractivity contribution in [2.24, 2.45) is 11.8 Å². The molecular weight excluding hydrogens is 508 g/mol. The summed E-state index contributed by atoms with van der Waals surface area (Å²) >= 11 is 6.74. The molecule has 1 amide bonds. The molecule has 10 heteroatoms. The van der Waals surface area contributed by atoms with E-state index in [9.17, 15) is 19.6 Å². The van der Waals surface area contributed by atoms with Gasteiger partial charge in [-0.2, -0.15) is 5.26 Å². The van der Waals surface area contributed by atoms with Gasteiger partial charge in [-0.05, 0) is 50.7 Å².